The molecule has 0 aliphatic rings. The minimum absolute atomic E-state index is 0.273. The number of aryl methyl sites for hydroxylation is 5. The molecular formula is C19H22IO3-. The predicted octanol–water partition coefficient (Wildman–Crippen LogP) is 0.821. The van der Waals surface area contributed by atoms with Gasteiger partial charge in [-0.25, -0.2) is 0 Å². The second-order valence-corrected chi connectivity index (χ2v) is 8.64. The van der Waals surface area contributed by atoms with E-state index in [0.29, 0.717) is 5.75 Å². The van der Waals surface area contributed by atoms with Gasteiger partial charge in [0.05, 0.1) is 0 Å². The van der Waals surface area contributed by atoms with Crippen molar-refractivity contribution in [2.24, 2.45) is 0 Å². The van der Waals surface area contributed by atoms with Gasteiger partial charge in [0.15, 0.2) is 0 Å². The third kappa shape index (κ3) is 4.47. The molecule has 0 heterocycles. The van der Waals surface area contributed by atoms with Crippen molar-refractivity contribution in [2.75, 3.05) is 6.61 Å². The Morgan fingerprint density at radius 3 is 2.13 bits per heavy atom. The van der Waals surface area contributed by atoms with Gasteiger partial charge in [0, 0.05) is 0 Å². The summed E-state index contributed by atoms with van der Waals surface area (Å²) in [6.07, 6.45) is 0. The Kier molecular flexibility index (Phi) is 5.68. The Bertz CT molecular complexity index is 728. The molecule has 0 aliphatic carbocycles. The molecule has 23 heavy (non-hydrogen) atoms. The third-order valence-corrected chi connectivity index (χ3v) is 7.57. The number of hydrogen-bond acceptors (Lipinski definition) is 2. The fraction of sp³-hybridized carbons (Fsp3) is 0.316. The fourth-order valence-corrected chi connectivity index (χ4v) is 5.51. The topological polar surface area (TPSA) is 46.5 Å². The summed E-state index contributed by atoms with van der Waals surface area (Å²) in [5.74, 6) is -0.292. The average molecular weight is 425 g/mol. The van der Waals surface area contributed by atoms with E-state index in [4.69, 9.17) is 9.84 Å². The summed E-state index contributed by atoms with van der Waals surface area (Å²) < 4.78 is 8.19. The minimum atomic E-state index is -0.954. The summed E-state index contributed by atoms with van der Waals surface area (Å²) in [5.41, 5.74) is 6.19. The molecule has 0 aromatic heterocycles. The van der Waals surface area contributed by atoms with Gasteiger partial charge in [-0.2, -0.15) is 0 Å². The number of benzene rings is 2. The van der Waals surface area contributed by atoms with Crippen molar-refractivity contribution in [3.05, 3.63) is 59.2 Å². The molecule has 2 rings (SSSR count). The van der Waals surface area contributed by atoms with Crippen LogP contribution >= 0.6 is 0 Å². The van der Waals surface area contributed by atoms with Crippen LogP contribution in [0.3, 0.4) is 0 Å². The Morgan fingerprint density at radius 2 is 1.57 bits per heavy atom. The van der Waals surface area contributed by atoms with Crippen LogP contribution < -0.4 is 25.9 Å². The van der Waals surface area contributed by atoms with E-state index in [9.17, 15) is 4.79 Å². The number of halogens is 1. The van der Waals surface area contributed by atoms with E-state index in [0.717, 1.165) is 5.56 Å². The first-order valence-corrected chi connectivity index (χ1v) is 9.62. The van der Waals surface area contributed by atoms with Crippen LogP contribution in [-0.4, -0.2) is 17.7 Å². The number of rotatable bonds is 5. The third-order valence-electron chi connectivity index (χ3n) is 3.58. The number of carboxylic acid groups (broad SMARTS) is 1. The average Bonchev–Trinajstić information content (AvgIpc) is 2.44. The van der Waals surface area contributed by atoms with Gasteiger partial charge in [0.1, 0.15) is 0 Å². The second-order valence-electron chi connectivity index (χ2n) is 5.86. The first kappa shape index (κ1) is 17.8. The van der Waals surface area contributed by atoms with E-state index in [1.807, 2.05) is 13.0 Å². The van der Waals surface area contributed by atoms with Crippen molar-refractivity contribution in [3.8, 4) is 5.75 Å². The zero-order valence-electron chi connectivity index (χ0n) is 14.2. The van der Waals surface area contributed by atoms with E-state index in [2.05, 4.69) is 45.9 Å². The zero-order chi connectivity index (χ0) is 17.1. The molecule has 2 aromatic rings. The summed E-state index contributed by atoms with van der Waals surface area (Å²) in [6, 6.07) is 8.61. The molecule has 0 spiro atoms. The normalized spacial score (nSPS) is 10.8. The van der Waals surface area contributed by atoms with E-state index < -0.39 is 5.97 Å². The number of aliphatic carboxylic acids is 1. The number of ether oxygens (including phenoxy) is 1. The van der Waals surface area contributed by atoms with Gasteiger partial charge >= 0.3 is 148 Å². The van der Waals surface area contributed by atoms with Gasteiger partial charge < -0.3 is 0 Å². The van der Waals surface area contributed by atoms with Crippen LogP contribution in [0, 0.1) is 41.8 Å². The van der Waals surface area contributed by atoms with Gasteiger partial charge in [0.2, 0.25) is 0 Å². The van der Waals surface area contributed by atoms with Crippen LogP contribution in [0.5, 0.6) is 5.75 Å². The Morgan fingerprint density at radius 1 is 0.957 bits per heavy atom. The zero-order valence-corrected chi connectivity index (χ0v) is 16.3. The molecule has 0 aliphatic heterocycles. The van der Waals surface area contributed by atoms with Gasteiger partial charge in [-0.3, -0.25) is 0 Å². The van der Waals surface area contributed by atoms with Crippen molar-refractivity contribution in [1.82, 2.24) is 0 Å². The summed E-state index contributed by atoms with van der Waals surface area (Å²) >= 11 is -0.273. The quantitative estimate of drug-likeness (QED) is 0.722. The molecule has 3 nitrogen and oxygen atoms in total. The second kappa shape index (κ2) is 7.34. The molecule has 0 bridgehead atoms. The first-order valence-electron chi connectivity index (χ1n) is 7.46. The summed E-state index contributed by atoms with van der Waals surface area (Å²) in [5, 5.41) is 8.75. The first-order chi connectivity index (χ1) is 10.8. The monoisotopic (exact) mass is 425 g/mol. The molecular weight excluding hydrogens is 403 g/mol. The molecule has 0 atom stereocenters. The SMILES string of the molecule is Cc1cc(C)c([I-]c2cc(C)c(OCC(=O)O)cc2C)c(C)c1. The van der Waals surface area contributed by atoms with Crippen LogP contribution in [0.4, 0.5) is 0 Å². The van der Waals surface area contributed by atoms with Crippen LogP contribution in [0.1, 0.15) is 27.8 Å². The standard InChI is InChI=1S/C19H22IO3/c1-11-6-14(4)19(15(5)7-11)20-16-8-13(3)17(9-12(16)2)23-10-18(21)22/h6-9H,10H2,1-5H3,(H,21,22)/q-1. The van der Waals surface area contributed by atoms with Gasteiger partial charge in [0.25, 0.3) is 0 Å². The van der Waals surface area contributed by atoms with Crippen molar-refractivity contribution in [1.29, 1.82) is 0 Å². The summed E-state index contributed by atoms with van der Waals surface area (Å²) in [4.78, 5) is 10.7. The van der Waals surface area contributed by atoms with Crippen molar-refractivity contribution < 1.29 is 35.8 Å². The number of hydrogen-bond donors (Lipinski definition) is 1. The van der Waals surface area contributed by atoms with Crippen LogP contribution in [0.2, 0.25) is 0 Å². The number of carboxylic acids is 1. The molecule has 0 unspecified atom stereocenters. The van der Waals surface area contributed by atoms with Crippen molar-refractivity contribution >= 4 is 5.97 Å². The van der Waals surface area contributed by atoms with Gasteiger partial charge in [-0.1, -0.05) is 0 Å². The number of carbonyl (C=O) groups is 1. The molecule has 0 fully saturated rings. The van der Waals surface area contributed by atoms with E-state index in [-0.39, 0.29) is 27.8 Å². The molecule has 124 valence electrons. The molecule has 2 aromatic carbocycles. The van der Waals surface area contributed by atoms with Crippen LogP contribution in [0.25, 0.3) is 0 Å². The molecule has 0 saturated carbocycles. The summed E-state index contributed by atoms with van der Waals surface area (Å²) in [7, 11) is 0. The molecule has 0 radical (unpaired) electrons. The Hall–Kier alpha value is -1.56. The molecule has 4 heteroatoms. The summed E-state index contributed by atoms with van der Waals surface area (Å²) in [6.45, 7) is 10.2. The maximum absolute atomic E-state index is 10.7. The Balaban J connectivity index is 2.31. The van der Waals surface area contributed by atoms with Crippen LogP contribution in [0.15, 0.2) is 24.3 Å². The van der Waals surface area contributed by atoms with E-state index in [1.165, 1.54) is 29.4 Å². The molecule has 1 N–H and O–H groups in total. The van der Waals surface area contributed by atoms with Gasteiger partial charge in [-0.15, -0.1) is 0 Å². The maximum atomic E-state index is 10.7. The van der Waals surface area contributed by atoms with E-state index in [1.54, 1.807) is 0 Å². The van der Waals surface area contributed by atoms with Crippen molar-refractivity contribution in [2.45, 2.75) is 34.6 Å². The van der Waals surface area contributed by atoms with Gasteiger partial charge in [-0.05, 0) is 0 Å². The van der Waals surface area contributed by atoms with Crippen LogP contribution in [-0.2, 0) is 4.79 Å². The fourth-order valence-electron chi connectivity index (χ4n) is 2.56. The van der Waals surface area contributed by atoms with Crippen molar-refractivity contribution in [3.63, 3.8) is 0 Å². The predicted molar refractivity (Wildman–Crippen MR) is 87.1 cm³/mol. The van der Waals surface area contributed by atoms with E-state index >= 15 is 0 Å². The molecule has 0 saturated heterocycles. The molecule has 0 amide bonds. The Labute approximate surface area is 147 Å².